The number of halogens is 1. The molecule has 0 saturated carbocycles. The number of benzene rings is 2. The van der Waals surface area contributed by atoms with Crippen molar-refractivity contribution in [2.45, 2.75) is 19.4 Å². The van der Waals surface area contributed by atoms with Gasteiger partial charge in [-0.2, -0.15) is 0 Å². The molecule has 3 heteroatoms. The SMILES string of the molecule is Cc1cccc(C(N)Cc2ccnc3ccccc23)c1Cl. The molecule has 3 aromatic rings. The minimum atomic E-state index is -0.122. The Kier molecular flexibility index (Phi) is 3.91. The van der Waals surface area contributed by atoms with E-state index in [0.717, 1.165) is 33.5 Å². The lowest BCUT2D eigenvalue weighted by molar-refractivity contribution is 0.724. The van der Waals surface area contributed by atoms with Crippen molar-refractivity contribution in [1.82, 2.24) is 4.98 Å². The smallest absolute Gasteiger partial charge is 0.0704 e. The molecule has 0 spiro atoms. The Hall–Kier alpha value is -1.90. The van der Waals surface area contributed by atoms with Crippen LogP contribution < -0.4 is 5.73 Å². The zero-order chi connectivity index (χ0) is 14.8. The van der Waals surface area contributed by atoms with Crippen LogP contribution in [0.3, 0.4) is 0 Å². The van der Waals surface area contributed by atoms with Crippen molar-refractivity contribution in [3.05, 3.63) is 76.4 Å². The van der Waals surface area contributed by atoms with Crippen LogP contribution in [-0.2, 0) is 6.42 Å². The highest BCUT2D eigenvalue weighted by atomic mass is 35.5. The molecule has 0 amide bonds. The minimum Gasteiger partial charge on any atom is -0.324 e. The molecule has 0 fully saturated rings. The van der Waals surface area contributed by atoms with Crippen LogP contribution in [0.4, 0.5) is 0 Å². The number of nitrogens with two attached hydrogens (primary N) is 1. The normalized spacial score (nSPS) is 12.5. The van der Waals surface area contributed by atoms with Gasteiger partial charge in [-0.05, 0) is 42.2 Å². The minimum absolute atomic E-state index is 0.122. The summed E-state index contributed by atoms with van der Waals surface area (Å²) in [6, 6.07) is 16.0. The summed E-state index contributed by atoms with van der Waals surface area (Å²) in [5.41, 5.74) is 10.6. The second-order valence-corrected chi connectivity index (χ2v) is 5.65. The van der Waals surface area contributed by atoms with Crippen LogP contribution in [0.15, 0.2) is 54.7 Å². The first-order valence-corrected chi connectivity index (χ1v) is 7.38. The molecule has 0 aliphatic heterocycles. The van der Waals surface area contributed by atoms with Crippen LogP contribution in [0, 0.1) is 6.92 Å². The lowest BCUT2D eigenvalue weighted by Gasteiger charge is -2.16. The highest BCUT2D eigenvalue weighted by Gasteiger charge is 2.13. The van der Waals surface area contributed by atoms with E-state index in [1.807, 2.05) is 55.6 Å². The number of pyridine rings is 1. The maximum Gasteiger partial charge on any atom is 0.0704 e. The van der Waals surface area contributed by atoms with Gasteiger partial charge >= 0.3 is 0 Å². The summed E-state index contributed by atoms with van der Waals surface area (Å²) in [5.74, 6) is 0. The monoisotopic (exact) mass is 296 g/mol. The summed E-state index contributed by atoms with van der Waals surface area (Å²) in [7, 11) is 0. The van der Waals surface area contributed by atoms with Gasteiger partial charge in [0.1, 0.15) is 0 Å². The van der Waals surface area contributed by atoms with Crippen molar-refractivity contribution in [2.24, 2.45) is 5.73 Å². The van der Waals surface area contributed by atoms with Crippen molar-refractivity contribution < 1.29 is 0 Å². The average Bonchev–Trinajstić information content (AvgIpc) is 2.50. The molecule has 0 aliphatic rings. The molecule has 3 rings (SSSR count). The lowest BCUT2D eigenvalue weighted by Crippen LogP contribution is -2.14. The molecule has 0 bridgehead atoms. The first-order valence-electron chi connectivity index (χ1n) is 7.00. The molecule has 2 aromatic carbocycles. The molecular formula is C18H17ClN2. The van der Waals surface area contributed by atoms with Gasteiger partial charge in [0.25, 0.3) is 0 Å². The van der Waals surface area contributed by atoms with Gasteiger partial charge in [0, 0.05) is 22.6 Å². The van der Waals surface area contributed by atoms with E-state index in [-0.39, 0.29) is 6.04 Å². The van der Waals surface area contributed by atoms with Crippen LogP contribution in [0.2, 0.25) is 5.02 Å². The fourth-order valence-corrected chi connectivity index (χ4v) is 2.90. The summed E-state index contributed by atoms with van der Waals surface area (Å²) < 4.78 is 0. The second-order valence-electron chi connectivity index (χ2n) is 5.28. The van der Waals surface area contributed by atoms with E-state index in [1.165, 1.54) is 5.56 Å². The summed E-state index contributed by atoms with van der Waals surface area (Å²) in [6.45, 7) is 2.00. The number of fused-ring (bicyclic) bond motifs is 1. The Labute approximate surface area is 129 Å². The van der Waals surface area contributed by atoms with Gasteiger partial charge < -0.3 is 5.73 Å². The van der Waals surface area contributed by atoms with Crippen LogP contribution in [0.25, 0.3) is 10.9 Å². The van der Waals surface area contributed by atoms with Gasteiger partial charge in [0.05, 0.1) is 5.52 Å². The first kappa shape index (κ1) is 14.1. The second kappa shape index (κ2) is 5.84. The fraction of sp³-hybridized carbons (Fsp3) is 0.167. The number of nitrogens with zero attached hydrogens (tertiary/aromatic N) is 1. The predicted octanol–water partition coefficient (Wildman–Crippen LogP) is 4.44. The molecule has 21 heavy (non-hydrogen) atoms. The molecule has 1 heterocycles. The zero-order valence-corrected chi connectivity index (χ0v) is 12.6. The number of rotatable bonds is 3. The maximum absolute atomic E-state index is 6.38. The standard InChI is InChI=1S/C18H17ClN2/c1-12-5-4-7-15(18(12)19)16(20)11-13-9-10-21-17-8-3-2-6-14(13)17/h2-10,16H,11,20H2,1H3. The molecular weight excluding hydrogens is 280 g/mol. The van der Waals surface area contributed by atoms with Crippen molar-refractivity contribution in [1.29, 1.82) is 0 Å². The number of hydrogen-bond donors (Lipinski definition) is 1. The van der Waals surface area contributed by atoms with Crippen LogP contribution in [0.1, 0.15) is 22.7 Å². The van der Waals surface area contributed by atoms with Gasteiger partial charge in [-0.15, -0.1) is 0 Å². The Bertz CT molecular complexity index is 778. The predicted molar refractivity (Wildman–Crippen MR) is 88.6 cm³/mol. The number of para-hydroxylation sites is 1. The van der Waals surface area contributed by atoms with E-state index in [4.69, 9.17) is 17.3 Å². The molecule has 1 aromatic heterocycles. The third kappa shape index (κ3) is 2.78. The Balaban J connectivity index is 1.97. The largest absolute Gasteiger partial charge is 0.324 e. The molecule has 0 radical (unpaired) electrons. The van der Waals surface area contributed by atoms with Gasteiger partial charge in [-0.25, -0.2) is 0 Å². The number of aryl methyl sites for hydroxylation is 1. The molecule has 2 N–H and O–H groups in total. The summed E-state index contributed by atoms with van der Waals surface area (Å²) >= 11 is 6.38. The fourth-order valence-electron chi connectivity index (χ4n) is 2.64. The van der Waals surface area contributed by atoms with Gasteiger partial charge in [0.15, 0.2) is 0 Å². The van der Waals surface area contributed by atoms with Crippen LogP contribution in [-0.4, -0.2) is 4.98 Å². The summed E-state index contributed by atoms with van der Waals surface area (Å²) in [5, 5.41) is 1.92. The number of hydrogen-bond acceptors (Lipinski definition) is 2. The Morgan fingerprint density at radius 1 is 1.10 bits per heavy atom. The topological polar surface area (TPSA) is 38.9 Å². The third-order valence-electron chi connectivity index (χ3n) is 3.80. The van der Waals surface area contributed by atoms with E-state index in [0.29, 0.717) is 0 Å². The van der Waals surface area contributed by atoms with Crippen LogP contribution in [0.5, 0.6) is 0 Å². The van der Waals surface area contributed by atoms with Gasteiger partial charge in [-0.3, -0.25) is 4.98 Å². The third-order valence-corrected chi connectivity index (χ3v) is 4.32. The first-order chi connectivity index (χ1) is 10.2. The van der Waals surface area contributed by atoms with E-state index < -0.39 is 0 Å². The quantitative estimate of drug-likeness (QED) is 0.776. The summed E-state index contributed by atoms with van der Waals surface area (Å²) in [4.78, 5) is 4.39. The summed E-state index contributed by atoms with van der Waals surface area (Å²) in [6.07, 6.45) is 2.58. The van der Waals surface area contributed by atoms with Crippen molar-refractivity contribution in [2.75, 3.05) is 0 Å². The van der Waals surface area contributed by atoms with E-state index in [1.54, 1.807) is 0 Å². The zero-order valence-electron chi connectivity index (χ0n) is 11.9. The molecule has 0 saturated heterocycles. The van der Waals surface area contributed by atoms with Crippen LogP contribution >= 0.6 is 11.6 Å². The maximum atomic E-state index is 6.38. The average molecular weight is 297 g/mol. The van der Waals surface area contributed by atoms with Crippen molar-refractivity contribution in [3.63, 3.8) is 0 Å². The molecule has 106 valence electrons. The van der Waals surface area contributed by atoms with E-state index in [2.05, 4.69) is 11.1 Å². The molecule has 0 aliphatic carbocycles. The molecule has 1 unspecified atom stereocenters. The van der Waals surface area contributed by atoms with E-state index >= 15 is 0 Å². The highest BCUT2D eigenvalue weighted by Crippen LogP contribution is 2.28. The Morgan fingerprint density at radius 2 is 1.90 bits per heavy atom. The van der Waals surface area contributed by atoms with Gasteiger partial charge in [0.2, 0.25) is 0 Å². The Morgan fingerprint density at radius 3 is 2.76 bits per heavy atom. The molecule has 2 nitrogen and oxygen atoms in total. The van der Waals surface area contributed by atoms with Gasteiger partial charge in [-0.1, -0.05) is 48.0 Å². The van der Waals surface area contributed by atoms with Crippen molar-refractivity contribution in [3.8, 4) is 0 Å². The molecule has 1 atom stereocenters. The lowest BCUT2D eigenvalue weighted by atomic mass is 9.96. The number of aromatic nitrogens is 1. The van der Waals surface area contributed by atoms with E-state index in [9.17, 15) is 0 Å². The van der Waals surface area contributed by atoms with Crippen molar-refractivity contribution >= 4 is 22.5 Å². The highest BCUT2D eigenvalue weighted by molar-refractivity contribution is 6.32.